The summed E-state index contributed by atoms with van der Waals surface area (Å²) in [6.07, 6.45) is 27.3. The predicted octanol–water partition coefficient (Wildman–Crippen LogP) is 5.13. The summed E-state index contributed by atoms with van der Waals surface area (Å²) in [6.45, 7) is 0. The molecule has 0 heterocycles. The fourth-order valence-electron chi connectivity index (χ4n) is 2.30. The Labute approximate surface area is 186 Å². The molecule has 0 aromatic carbocycles. The monoisotopic (exact) mass is 447 g/mol. The first-order chi connectivity index (χ1) is 15.4. The van der Waals surface area contributed by atoms with Crippen molar-refractivity contribution in [3.05, 3.63) is 103 Å². The molecule has 0 atom stereocenters. The van der Waals surface area contributed by atoms with E-state index in [0.29, 0.717) is 19.3 Å². The van der Waals surface area contributed by atoms with Crippen LogP contribution < -0.4 is 0 Å². The van der Waals surface area contributed by atoms with Gasteiger partial charge in [-0.3, -0.25) is 30.3 Å². The maximum absolute atomic E-state index is 10.8. The molecule has 0 amide bonds. The van der Waals surface area contributed by atoms with Crippen LogP contribution in [0.3, 0.4) is 0 Å². The maximum atomic E-state index is 10.8. The third kappa shape index (κ3) is 12.1. The molecule has 0 saturated carbocycles. The van der Waals surface area contributed by atoms with Crippen molar-refractivity contribution in [2.45, 2.75) is 57.2 Å². The lowest BCUT2D eigenvalue weighted by molar-refractivity contribution is -0.968. The summed E-state index contributed by atoms with van der Waals surface area (Å²) >= 11 is 0. The first kappa shape index (κ1) is 28.3. The standard InChI is InChI=1S/C22H29N3O7/c26-21-19-17-15-13-11-9-7-5-3-1-2-4-6-8-10-12-14-16-18-20-22(23(27)28,24(29)30)25(31)32/h1,3-4,6-7,9-10,12-13,15-16,18,21H,2,5,8,11,14,17,19-20H2. The van der Waals surface area contributed by atoms with E-state index in [0.717, 1.165) is 38.0 Å². The number of nitrogens with zero attached hydrogens (tertiary/aromatic N) is 3. The summed E-state index contributed by atoms with van der Waals surface area (Å²) in [7, 11) is 0. The van der Waals surface area contributed by atoms with E-state index in [2.05, 4.69) is 24.3 Å². The fourth-order valence-corrected chi connectivity index (χ4v) is 2.30. The van der Waals surface area contributed by atoms with Crippen molar-refractivity contribution >= 4 is 6.29 Å². The van der Waals surface area contributed by atoms with Crippen LogP contribution >= 0.6 is 0 Å². The van der Waals surface area contributed by atoms with E-state index in [1.54, 1.807) is 6.08 Å². The van der Waals surface area contributed by atoms with Gasteiger partial charge in [-0.2, -0.15) is 0 Å². The Hall–Kier alpha value is -3.69. The Balaban J connectivity index is 4.03. The van der Waals surface area contributed by atoms with Gasteiger partial charge in [-0.25, -0.2) is 0 Å². The van der Waals surface area contributed by atoms with Gasteiger partial charge in [-0.15, -0.1) is 0 Å². The SMILES string of the molecule is O=CCCC=CCC=CCC=CCC=CCC=CCC=CCC([N+](=O)[O-])([N+](=O)[O-])[N+](=O)[O-]. The molecule has 10 heteroatoms. The summed E-state index contributed by atoms with van der Waals surface area (Å²) in [4.78, 5) is 38.0. The molecular weight excluding hydrogens is 418 g/mol. The number of carbonyl (C=O) groups is 1. The lowest BCUT2D eigenvalue weighted by Crippen LogP contribution is -2.52. The highest BCUT2D eigenvalue weighted by Gasteiger charge is 2.69. The predicted molar refractivity (Wildman–Crippen MR) is 122 cm³/mol. The number of unbranched alkanes of at least 4 members (excludes halogenated alkanes) is 1. The van der Waals surface area contributed by atoms with E-state index in [1.165, 1.54) is 6.08 Å². The largest absolute Gasteiger partial charge is 0.703 e. The van der Waals surface area contributed by atoms with Gasteiger partial charge in [0, 0.05) is 6.42 Å². The van der Waals surface area contributed by atoms with E-state index < -0.39 is 27.0 Å². The minimum atomic E-state index is -3.44. The average molecular weight is 447 g/mol. The van der Waals surface area contributed by atoms with Crippen molar-refractivity contribution in [1.82, 2.24) is 0 Å². The van der Waals surface area contributed by atoms with Gasteiger partial charge in [0.1, 0.15) is 6.29 Å². The van der Waals surface area contributed by atoms with Gasteiger partial charge in [0.25, 0.3) is 0 Å². The van der Waals surface area contributed by atoms with Gasteiger partial charge in [0.2, 0.25) is 0 Å². The number of rotatable bonds is 18. The molecule has 174 valence electrons. The van der Waals surface area contributed by atoms with Gasteiger partial charge in [-0.05, 0) is 38.5 Å². The summed E-state index contributed by atoms with van der Waals surface area (Å²) in [5.41, 5.74) is 0. The van der Waals surface area contributed by atoms with Crippen LogP contribution in [0.4, 0.5) is 0 Å². The molecule has 0 unspecified atom stereocenters. The van der Waals surface area contributed by atoms with Crippen LogP contribution in [0.25, 0.3) is 0 Å². The quantitative estimate of drug-likeness (QED) is 0.0706. The third-order valence-corrected chi connectivity index (χ3v) is 4.08. The molecule has 0 aromatic heterocycles. The molecule has 0 aliphatic rings. The Bertz CT molecular complexity index is 744. The number of nitro groups is 3. The second-order valence-electron chi connectivity index (χ2n) is 6.50. The molecule has 0 aliphatic heterocycles. The lowest BCUT2D eigenvalue weighted by Gasteiger charge is -2.06. The van der Waals surface area contributed by atoms with E-state index in [-0.39, 0.29) is 0 Å². The molecule has 0 aromatic rings. The van der Waals surface area contributed by atoms with Gasteiger partial charge >= 0.3 is 5.79 Å². The molecule has 32 heavy (non-hydrogen) atoms. The van der Waals surface area contributed by atoms with E-state index in [1.807, 2.05) is 30.4 Å². The van der Waals surface area contributed by atoms with Crippen LogP contribution in [0.15, 0.2) is 72.9 Å². The van der Waals surface area contributed by atoms with E-state index in [4.69, 9.17) is 0 Å². The molecule has 0 aliphatic carbocycles. The van der Waals surface area contributed by atoms with Crippen LogP contribution in [0.2, 0.25) is 0 Å². The number of allylic oxidation sites excluding steroid dienone is 11. The smallest absolute Gasteiger partial charge is 0.303 e. The van der Waals surface area contributed by atoms with Crippen molar-refractivity contribution in [2.75, 3.05) is 0 Å². The minimum absolute atomic E-state index is 0.357. The number of hydrogen-bond donors (Lipinski definition) is 0. The summed E-state index contributed by atoms with van der Waals surface area (Å²) < 4.78 is 0. The van der Waals surface area contributed by atoms with E-state index in [9.17, 15) is 35.1 Å². The summed E-state index contributed by atoms with van der Waals surface area (Å²) in [5.74, 6) is -3.44. The average Bonchev–Trinajstić information content (AvgIpc) is 2.74. The highest BCUT2D eigenvalue weighted by atomic mass is 16.7. The van der Waals surface area contributed by atoms with Crippen LogP contribution in [0.1, 0.15) is 51.4 Å². The minimum Gasteiger partial charge on any atom is -0.303 e. The van der Waals surface area contributed by atoms with Gasteiger partial charge in [0.15, 0.2) is 21.2 Å². The first-order valence-electron chi connectivity index (χ1n) is 10.2. The third-order valence-electron chi connectivity index (χ3n) is 4.08. The number of hydrogen-bond acceptors (Lipinski definition) is 7. The normalized spacial score (nSPS) is 12.9. The van der Waals surface area contributed by atoms with Crippen LogP contribution in [-0.4, -0.2) is 26.8 Å². The van der Waals surface area contributed by atoms with E-state index >= 15 is 0 Å². The summed E-state index contributed by atoms with van der Waals surface area (Å²) in [5, 5.41) is 32.4. The Morgan fingerprint density at radius 3 is 1.12 bits per heavy atom. The fraction of sp³-hybridized carbons (Fsp3) is 0.409. The Morgan fingerprint density at radius 2 is 0.812 bits per heavy atom. The van der Waals surface area contributed by atoms with Crippen molar-refractivity contribution in [1.29, 1.82) is 0 Å². The lowest BCUT2D eigenvalue weighted by atomic mass is 10.2. The molecule has 0 fully saturated rings. The van der Waals surface area contributed by atoms with Crippen molar-refractivity contribution < 1.29 is 19.6 Å². The second-order valence-corrected chi connectivity index (χ2v) is 6.50. The molecule has 0 radical (unpaired) electrons. The highest BCUT2D eigenvalue weighted by molar-refractivity contribution is 5.49. The van der Waals surface area contributed by atoms with Crippen LogP contribution in [-0.2, 0) is 4.79 Å². The van der Waals surface area contributed by atoms with Crippen molar-refractivity contribution in [2.24, 2.45) is 0 Å². The zero-order chi connectivity index (χ0) is 24.1. The topological polar surface area (TPSA) is 146 Å². The zero-order valence-corrected chi connectivity index (χ0v) is 17.9. The zero-order valence-electron chi connectivity index (χ0n) is 17.9. The van der Waals surface area contributed by atoms with Crippen molar-refractivity contribution in [3.8, 4) is 0 Å². The van der Waals surface area contributed by atoms with Crippen molar-refractivity contribution in [3.63, 3.8) is 0 Å². The van der Waals surface area contributed by atoms with Crippen LogP contribution in [0, 0.1) is 30.3 Å². The number of carbonyl (C=O) groups excluding carboxylic acids is 1. The Morgan fingerprint density at radius 1 is 0.500 bits per heavy atom. The molecule has 0 N–H and O–H groups in total. The second kappa shape index (κ2) is 18.1. The van der Waals surface area contributed by atoms with Gasteiger partial charge < -0.3 is 4.79 Å². The number of aldehydes is 1. The van der Waals surface area contributed by atoms with Crippen LogP contribution in [0.5, 0.6) is 0 Å². The van der Waals surface area contributed by atoms with Gasteiger partial charge in [-0.1, -0.05) is 72.9 Å². The highest BCUT2D eigenvalue weighted by Crippen LogP contribution is 2.18. The Kier molecular flexibility index (Phi) is 16.0. The molecule has 10 nitrogen and oxygen atoms in total. The molecule has 0 saturated heterocycles. The molecular formula is C22H29N3O7. The molecule has 0 spiro atoms. The summed E-state index contributed by atoms with van der Waals surface area (Å²) in [6, 6.07) is 0. The molecule has 0 bridgehead atoms. The first-order valence-corrected chi connectivity index (χ1v) is 10.2. The molecule has 0 rings (SSSR count). The maximum Gasteiger partial charge on any atom is 0.703 e. The van der Waals surface area contributed by atoms with Gasteiger partial charge in [0.05, 0.1) is 0 Å².